The van der Waals surface area contributed by atoms with Crippen LogP contribution in [0.4, 0.5) is 0 Å². The molecule has 0 N–H and O–H groups in total. The molecule has 0 unspecified atom stereocenters. The van der Waals surface area contributed by atoms with Crippen LogP contribution in [-0.4, -0.2) is 6.16 Å². The van der Waals surface area contributed by atoms with Crippen LogP contribution in [-0.2, 0) is 12.7 Å². The van der Waals surface area contributed by atoms with Crippen molar-refractivity contribution in [1.82, 2.24) is 0 Å². The average molecular weight is 555 g/mol. The van der Waals surface area contributed by atoms with Gasteiger partial charge >= 0.3 is 33.0 Å². The summed E-state index contributed by atoms with van der Waals surface area (Å²) in [5.74, 6) is 0. The molecular weight excluding hydrogens is 528 g/mol. The fourth-order valence-corrected chi connectivity index (χ4v) is 8.15. The van der Waals surface area contributed by atoms with Crippen molar-refractivity contribution in [1.29, 1.82) is 0 Å². The summed E-state index contributed by atoms with van der Waals surface area (Å²) in [6, 6.07) is 44.0. The summed E-state index contributed by atoms with van der Waals surface area (Å²) >= 11 is 0.569. The van der Waals surface area contributed by atoms with Crippen LogP contribution in [0, 0.1) is 6.16 Å². The van der Waals surface area contributed by atoms with Gasteiger partial charge in [0.05, 0.1) is 0 Å². The van der Waals surface area contributed by atoms with Crippen LogP contribution in [0.1, 0.15) is 12.8 Å². The molecule has 0 amide bonds. The molecule has 0 saturated carbocycles. The molecule has 0 saturated heterocycles. The van der Waals surface area contributed by atoms with Crippen LogP contribution in [0.15, 0.2) is 121 Å². The first kappa shape index (κ1) is 26.4. The van der Waals surface area contributed by atoms with Gasteiger partial charge in [0.2, 0.25) is 0 Å². The van der Waals surface area contributed by atoms with Crippen molar-refractivity contribution in [2.75, 3.05) is 6.16 Å². The fraction of sp³-hybridized carbons (Fsp3) is 0.107. The summed E-state index contributed by atoms with van der Waals surface area (Å²) in [6.07, 6.45) is 6.16. The molecule has 0 aliphatic rings. The van der Waals surface area contributed by atoms with E-state index in [1.807, 2.05) is 0 Å². The molecular formula is C28H27Cl2NiP2. The van der Waals surface area contributed by atoms with Crippen LogP contribution >= 0.6 is 36.2 Å². The summed E-state index contributed by atoms with van der Waals surface area (Å²) in [4.78, 5) is 0. The van der Waals surface area contributed by atoms with E-state index in [0.29, 0.717) is 12.7 Å². The van der Waals surface area contributed by atoms with E-state index in [4.69, 9.17) is 20.4 Å². The Hall–Kier alpha value is -1.19. The third kappa shape index (κ3) is 8.83. The van der Waals surface area contributed by atoms with Crippen LogP contribution in [0.5, 0.6) is 0 Å². The molecule has 0 nitrogen and oxygen atoms in total. The molecule has 33 heavy (non-hydrogen) atoms. The summed E-state index contributed by atoms with van der Waals surface area (Å²) in [7, 11) is 8.69. The second-order valence-corrected chi connectivity index (χ2v) is 13.3. The predicted octanol–water partition coefficient (Wildman–Crippen LogP) is 7.57. The Kier molecular flexibility index (Phi) is 12.5. The first-order valence-corrected chi connectivity index (χ1v) is 16.4. The van der Waals surface area contributed by atoms with E-state index in [9.17, 15) is 0 Å². The first-order valence-electron chi connectivity index (χ1n) is 10.8. The smallest absolute Gasteiger partial charge is 0.0195 e. The van der Waals surface area contributed by atoms with E-state index in [-0.39, 0.29) is 7.92 Å². The van der Waals surface area contributed by atoms with E-state index < -0.39 is 7.92 Å². The Labute approximate surface area is 215 Å². The van der Waals surface area contributed by atoms with Crippen molar-refractivity contribution in [3.8, 4) is 0 Å². The number of hydrogen-bond donors (Lipinski definition) is 0. The predicted molar refractivity (Wildman–Crippen MR) is 148 cm³/mol. The number of unbranched alkanes of at least 4 members (excludes halogenated alkanes) is 1. The zero-order valence-corrected chi connectivity index (χ0v) is 22.5. The third-order valence-electron chi connectivity index (χ3n) is 5.10. The molecule has 0 radical (unpaired) electrons. The van der Waals surface area contributed by atoms with Crippen LogP contribution in [0.3, 0.4) is 0 Å². The second kappa shape index (κ2) is 15.7. The van der Waals surface area contributed by atoms with Gasteiger partial charge in [0, 0.05) is 0 Å². The SMILES string of the molecule is [Cl][Ni+][Cl].c1ccc(P([CH-]CCCP(c2ccccc2)c2ccccc2)c2ccccc2)cc1. The second-order valence-electron chi connectivity index (χ2n) is 7.23. The molecule has 0 atom stereocenters. The molecule has 4 rings (SSSR count). The fourth-order valence-electron chi connectivity index (χ4n) is 3.63. The largest absolute Gasteiger partial charge is 0.294 e. The summed E-state index contributed by atoms with van der Waals surface area (Å²) < 4.78 is 0. The molecule has 4 aromatic rings. The van der Waals surface area contributed by atoms with Crippen molar-refractivity contribution in [3.63, 3.8) is 0 Å². The topological polar surface area (TPSA) is 0 Å². The monoisotopic (exact) mass is 553 g/mol. The first-order chi connectivity index (χ1) is 16.3. The van der Waals surface area contributed by atoms with E-state index >= 15 is 0 Å². The van der Waals surface area contributed by atoms with Gasteiger partial charge in [-0.3, -0.25) is 6.16 Å². The van der Waals surface area contributed by atoms with Crippen molar-refractivity contribution < 1.29 is 12.7 Å². The maximum atomic E-state index is 4.70. The van der Waals surface area contributed by atoms with Gasteiger partial charge in [-0.2, -0.15) is 6.42 Å². The van der Waals surface area contributed by atoms with E-state index in [2.05, 4.69) is 127 Å². The van der Waals surface area contributed by atoms with Gasteiger partial charge in [-0.25, -0.2) is 7.92 Å². The molecule has 0 aliphatic carbocycles. The van der Waals surface area contributed by atoms with E-state index in [0.717, 1.165) is 6.42 Å². The third-order valence-corrected chi connectivity index (χ3v) is 10.0. The molecule has 0 aromatic heterocycles. The number of halogens is 2. The van der Waals surface area contributed by atoms with Gasteiger partial charge in [-0.05, 0) is 24.7 Å². The Bertz CT molecular complexity index is 855. The minimum atomic E-state index is -0.408. The molecule has 0 spiro atoms. The zero-order chi connectivity index (χ0) is 23.1. The summed E-state index contributed by atoms with van der Waals surface area (Å²) in [5.41, 5.74) is 0. The Morgan fingerprint density at radius 1 is 0.545 bits per heavy atom. The molecule has 4 aromatic carbocycles. The van der Waals surface area contributed by atoms with Crippen molar-refractivity contribution in [2.24, 2.45) is 0 Å². The van der Waals surface area contributed by atoms with Gasteiger partial charge < -0.3 is 0 Å². The number of hydrogen-bond acceptors (Lipinski definition) is 0. The van der Waals surface area contributed by atoms with Gasteiger partial charge in [-0.15, -0.1) is 0 Å². The van der Waals surface area contributed by atoms with E-state index in [1.165, 1.54) is 33.8 Å². The van der Waals surface area contributed by atoms with Crippen molar-refractivity contribution >= 4 is 57.4 Å². The maximum absolute atomic E-state index is 4.70. The average Bonchev–Trinajstić information content (AvgIpc) is 2.89. The van der Waals surface area contributed by atoms with Crippen LogP contribution in [0.2, 0.25) is 0 Å². The summed E-state index contributed by atoms with van der Waals surface area (Å²) in [5, 5.41) is 5.83. The normalized spacial score (nSPS) is 10.8. The molecule has 5 heteroatoms. The van der Waals surface area contributed by atoms with Gasteiger partial charge in [0.1, 0.15) is 0 Å². The quantitative estimate of drug-likeness (QED) is 0.0866. The van der Waals surface area contributed by atoms with Crippen LogP contribution in [0.25, 0.3) is 0 Å². The molecule has 173 valence electrons. The standard InChI is InChI=1S/C28H27P2.2ClH.Ni/c1-5-15-25(16-6-1)29(26-17-7-2-8-18-26)23-13-14-24-30(27-19-9-3-10-20-27)28-21-11-4-12-22-28;;;/h1-12,15-23H,13-14,24H2;2*1H;/q-1;;;+3/p-2. The minimum Gasteiger partial charge on any atom is -0.294 e. The van der Waals surface area contributed by atoms with Gasteiger partial charge in [0.25, 0.3) is 0 Å². The molecule has 0 bridgehead atoms. The molecule has 0 aliphatic heterocycles. The maximum Gasteiger partial charge on any atom is -0.0195 e. The Morgan fingerprint density at radius 2 is 0.879 bits per heavy atom. The minimum absolute atomic E-state index is 0.303. The Balaban J connectivity index is 0.000000968. The number of rotatable bonds is 9. The van der Waals surface area contributed by atoms with Gasteiger partial charge in [-0.1, -0.05) is 138 Å². The zero-order valence-electron chi connectivity index (χ0n) is 18.2. The van der Waals surface area contributed by atoms with Crippen molar-refractivity contribution in [3.05, 3.63) is 127 Å². The molecule has 0 fully saturated rings. The van der Waals surface area contributed by atoms with E-state index in [1.54, 1.807) is 0 Å². The van der Waals surface area contributed by atoms with Crippen molar-refractivity contribution in [2.45, 2.75) is 12.8 Å². The molecule has 0 heterocycles. The summed E-state index contributed by atoms with van der Waals surface area (Å²) in [6.45, 7) is 0. The number of benzene rings is 4. The van der Waals surface area contributed by atoms with Crippen LogP contribution < -0.4 is 21.2 Å². The van der Waals surface area contributed by atoms with Gasteiger partial charge in [0.15, 0.2) is 0 Å². The Morgan fingerprint density at radius 3 is 1.24 bits per heavy atom.